The molecule has 1 heterocycles. The maximum atomic E-state index is 11.4. The number of rotatable bonds is 6. The number of aromatic nitrogens is 1. The van der Waals surface area contributed by atoms with Gasteiger partial charge in [0.25, 0.3) is 0 Å². The lowest BCUT2D eigenvalue weighted by Crippen LogP contribution is -2.11. The molecule has 0 aliphatic carbocycles. The normalized spacial score (nSPS) is 9.88. The SMILES string of the molecule is CCOCCOC(=O)c1ccc(OC)nc1. The van der Waals surface area contributed by atoms with E-state index < -0.39 is 5.97 Å². The van der Waals surface area contributed by atoms with Crippen molar-refractivity contribution >= 4 is 5.97 Å². The highest BCUT2D eigenvalue weighted by atomic mass is 16.6. The van der Waals surface area contributed by atoms with Gasteiger partial charge in [-0.1, -0.05) is 0 Å². The van der Waals surface area contributed by atoms with Crippen LogP contribution in [0, 0.1) is 0 Å². The maximum absolute atomic E-state index is 11.4. The van der Waals surface area contributed by atoms with Gasteiger partial charge in [0.1, 0.15) is 6.61 Å². The van der Waals surface area contributed by atoms with Crippen molar-refractivity contribution in [2.45, 2.75) is 6.92 Å². The third-order valence-electron chi connectivity index (χ3n) is 1.85. The minimum absolute atomic E-state index is 0.249. The van der Waals surface area contributed by atoms with E-state index in [2.05, 4.69) is 4.98 Å². The number of esters is 1. The molecular weight excluding hydrogens is 210 g/mol. The Hall–Kier alpha value is -1.62. The van der Waals surface area contributed by atoms with E-state index in [4.69, 9.17) is 14.2 Å². The second-order valence-corrected chi connectivity index (χ2v) is 2.92. The van der Waals surface area contributed by atoms with Gasteiger partial charge in [-0.2, -0.15) is 0 Å². The van der Waals surface area contributed by atoms with Crippen molar-refractivity contribution in [1.82, 2.24) is 4.98 Å². The van der Waals surface area contributed by atoms with E-state index in [1.54, 1.807) is 12.1 Å². The van der Waals surface area contributed by atoms with E-state index in [9.17, 15) is 4.79 Å². The maximum Gasteiger partial charge on any atom is 0.339 e. The number of pyridine rings is 1. The molecule has 1 aromatic heterocycles. The van der Waals surface area contributed by atoms with Gasteiger partial charge in [0.15, 0.2) is 0 Å². The molecule has 0 fully saturated rings. The molecule has 0 saturated carbocycles. The van der Waals surface area contributed by atoms with Crippen LogP contribution < -0.4 is 4.74 Å². The number of methoxy groups -OCH3 is 1. The van der Waals surface area contributed by atoms with Crippen LogP contribution >= 0.6 is 0 Å². The van der Waals surface area contributed by atoms with Gasteiger partial charge in [-0.25, -0.2) is 9.78 Å². The Morgan fingerprint density at radius 3 is 2.75 bits per heavy atom. The highest BCUT2D eigenvalue weighted by Gasteiger charge is 2.07. The molecule has 0 atom stereocenters. The van der Waals surface area contributed by atoms with Gasteiger partial charge >= 0.3 is 5.97 Å². The fourth-order valence-electron chi connectivity index (χ4n) is 1.04. The van der Waals surface area contributed by atoms with Crippen LogP contribution in [0.25, 0.3) is 0 Å². The molecule has 0 N–H and O–H groups in total. The van der Waals surface area contributed by atoms with Crippen LogP contribution in [-0.2, 0) is 9.47 Å². The summed E-state index contributed by atoms with van der Waals surface area (Å²) in [4.78, 5) is 15.4. The zero-order valence-corrected chi connectivity index (χ0v) is 9.43. The monoisotopic (exact) mass is 225 g/mol. The molecule has 5 heteroatoms. The van der Waals surface area contributed by atoms with Crippen molar-refractivity contribution in [1.29, 1.82) is 0 Å². The zero-order valence-electron chi connectivity index (χ0n) is 9.43. The molecule has 0 unspecified atom stereocenters. The fraction of sp³-hybridized carbons (Fsp3) is 0.455. The molecule has 0 aliphatic heterocycles. The molecule has 0 aromatic carbocycles. The van der Waals surface area contributed by atoms with Crippen molar-refractivity contribution in [3.8, 4) is 5.88 Å². The molecule has 88 valence electrons. The molecule has 0 amide bonds. The Morgan fingerprint density at radius 1 is 1.38 bits per heavy atom. The summed E-state index contributed by atoms with van der Waals surface area (Å²) in [6.07, 6.45) is 1.42. The predicted molar refractivity (Wildman–Crippen MR) is 57.6 cm³/mol. The standard InChI is InChI=1S/C11H15NO4/c1-3-15-6-7-16-11(13)9-4-5-10(14-2)12-8-9/h4-5,8H,3,6-7H2,1-2H3. The number of ether oxygens (including phenoxy) is 3. The van der Waals surface area contributed by atoms with E-state index >= 15 is 0 Å². The van der Waals surface area contributed by atoms with Crippen LogP contribution in [0.2, 0.25) is 0 Å². The molecule has 0 saturated heterocycles. The van der Waals surface area contributed by atoms with Gasteiger partial charge in [-0.05, 0) is 13.0 Å². The third-order valence-corrected chi connectivity index (χ3v) is 1.85. The van der Waals surface area contributed by atoms with Gasteiger partial charge in [-0.3, -0.25) is 0 Å². The number of nitrogens with zero attached hydrogens (tertiary/aromatic N) is 1. The summed E-state index contributed by atoms with van der Waals surface area (Å²) < 4.78 is 14.9. The lowest BCUT2D eigenvalue weighted by molar-refractivity contribution is 0.0335. The van der Waals surface area contributed by atoms with Crippen LogP contribution in [0.5, 0.6) is 5.88 Å². The molecular formula is C11H15NO4. The predicted octanol–water partition coefficient (Wildman–Crippen LogP) is 1.28. The highest BCUT2D eigenvalue weighted by molar-refractivity contribution is 5.89. The van der Waals surface area contributed by atoms with Crippen molar-refractivity contribution in [3.05, 3.63) is 23.9 Å². The quantitative estimate of drug-likeness (QED) is 0.539. The van der Waals surface area contributed by atoms with E-state index in [-0.39, 0.29) is 6.61 Å². The highest BCUT2D eigenvalue weighted by Crippen LogP contribution is 2.07. The summed E-state index contributed by atoms with van der Waals surface area (Å²) in [6.45, 7) is 3.15. The van der Waals surface area contributed by atoms with Gasteiger partial charge in [0.2, 0.25) is 5.88 Å². The topological polar surface area (TPSA) is 57.7 Å². The molecule has 0 spiro atoms. The van der Waals surface area contributed by atoms with Crippen LogP contribution in [0.15, 0.2) is 18.3 Å². The van der Waals surface area contributed by atoms with Crippen LogP contribution in [0.4, 0.5) is 0 Å². The summed E-state index contributed by atoms with van der Waals surface area (Å²) >= 11 is 0. The summed E-state index contributed by atoms with van der Waals surface area (Å²) in [6, 6.07) is 3.22. The summed E-state index contributed by atoms with van der Waals surface area (Å²) in [5.74, 6) is 0.0562. The molecule has 0 bridgehead atoms. The molecule has 0 radical (unpaired) electrons. The number of carbonyl (C=O) groups excluding carboxylic acids is 1. The van der Waals surface area contributed by atoms with Gasteiger partial charge < -0.3 is 14.2 Å². The Balaban J connectivity index is 2.40. The van der Waals surface area contributed by atoms with Crippen molar-refractivity contribution in [3.63, 3.8) is 0 Å². The largest absolute Gasteiger partial charge is 0.481 e. The molecule has 1 aromatic rings. The van der Waals surface area contributed by atoms with Crippen LogP contribution in [0.3, 0.4) is 0 Å². The third kappa shape index (κ3) is 3.86. The first-order chi connectivity index (χ1) is 7.77. The molecule has 5 nitrogen and oxygen atoms in total. The van der Waals surface area contributed by atoms with Gasteiger partial charge in [0, 0.05) is 18.9 Å². The fourth-order valence-corrected chi connectivity index (χ4v) is 1.04. The first-order valence-electron chi connectivity index (χ1n) is 5.02. The molecule has 16 heavy (non-hydrogen) atoms. The first-order valence-corrected chi connectivity index (χ1v) is 5.02. The average Bonchev–Trinajstić information content (AvgIpc) is 2.34. The smallest absolute Gasteiger partial charge is 0.339 e. The van der Waals surface area contributed by atoms with Gasteiger partial charge in [-0.15, -0.1) is 0 Å². The van der Waals surface area contributed by atoms with E-state index in [1.165, 1.54) is 13.3 Å². The van der Waals surface area contributed by atoms with Crippen molar-refractivity contribution in [2.24, 2.45) is 0 Å². The van der Waals surface area contributed by atoms with Gasteiger partial charge in [0.05, 0.1) is 19.3 Å². The minimum Gasteiger partial charge on any atom is -0.481 e. The average molecular weight is 225 g/mol. The lowest BCUT2D eigenvalue weighted by atomic mass is 10.3. The Kier molecular flexibility index (Phi) is 5.28. The Labute approximate surface area is 94.3 Å². The van der Waals surface area contributed by atoms with Crippen LogP contribution in [0.1, 0.15) is 17.3 Å². The summed E-state index contributed by atoms with van der Waals surface area (Å²) in [5, 5.41) is 0. The number of carbonyl (C=O) groups is 1. The summed E-state index contributed by atoms with van der Waals surface area (Å²) in [7, 11) is 1.52. The van der Waals surface area contributed by atoms with E-state index in [1.807, 2.05) is 6.92 Å². The number of hydrogen-bond acceptors (Lipinski definition) is 5. The molecule has 1 rings (SSSR count). The van der Waals surface area contributed by atoms with Crippen molar-refractivity contribution in [2.75, 3.05) is 26.9 Å². The first kappa shape index (κ1) is 12.4. The second-order valence-electron chi connectivity index (χ2n) is 2.92. The summed E-state index contributed by atoms with van der Waals surface area (Å²) in [5.41, 5.74) is 0.400. The minimum atomic E-state index is -0.408. The second kappa shape index (κ2) is 6.79. The lowest BCUT2D eigenvalue weighted by Gasteiger charge is -2.05. The zero-order chi connectivity index (χ0) is 11.8. The van der Waals surface area contributed by atoms with Crippen LogP contribution in [-0.4, -0.2) is 37.9 Å². The van der Waals surface area contributed by atoms with E-state index in [0.29, 0.717) is 24.7 Å². The van der Waals surface area contributed by atoms with E-state index in [0.717, 1.165) is 0 Å². The molecule has 0 aliphatic rings. The Bertz CT molecular complexity index is 323. The number of hydrogen-bond donors (Lipinski definition) is 0. The Morgan fingerprint density at radius 2 is 2.19 bits per heavy atom. The van der Waals surface area contributed by atoms with Crippen molar-refractivity contribution < 1.29 is 19.0 Å².